The maximum Gasteiger partial charge on any atom is 0.264 e. The molecule has 0 unspecified atom stereocenters. The summed E-state index contributed by atoms with van der Waals surface area (Å²) in [6.07, 6.45) is 2.82. The second kappa shape index (κ2) is 13.0. The predicted molar refractivity (Wildman–Crippen MR) is 158 cm³/mol. The second-order valence-electron chi connectivity index (χ2n) is 9.46. The van der Waals surface area contributed by atoms with Gasteiger partial charge in [-0.2, -0.15) is 8.42 Å². The summed E-state index contributed by atoms with van der Waals surface area (Å²) < 4.78 is 39.1. The predicted octanol–water partition coefficient (Wildman–Crippen LogP) is 7.99. The molecule has 216 valence electrons. The Morgan fingerprint density at radius 3 is 2.31 bits per heavy atom. The van der Waals surface area contributed by atoms with E-state index in [0.717, 1.165) is 6.26 Å². The molecule has 2 aromatic rings. The molecule has 0 spiro atoms. The van der Waals surface area contributed by atoms with Gasteiger partial charge in [0.25, 0.3) is 10.1 Å². The number of benzene rings is 2. The summed E-state index contributed by atoms with van der Waals surface area (Å²) in [6, 6.07) is 9.08. The molecular weight excluding hydrogens is 678 g/mol. The molecule has 2 aromatic carbocycles. The van der Waals surface area contributed by atoms with Crippen molar-refractivity contribution in [2.45, 2.75) is 45.1 Å². The van der Waals surface area contributed by atoms with Crippen molar-refractivity contribution in [2.75, 3.05) is 26.0 Å². The van der Waals surface area contributed by atoms with Crippen LogP contribution in [-0.4, -0.2) is 45.2 Å². The number of alkyl halides is 6. The van der Waals surface area contributed by atoms with Crippen molar-refractivity contribution < 1.29 is 21.8 Å². The molecule has 0 radical (unpaired) electrons. The van der Waals surface area contributed by atoms with Gasteiger partial charge in [-0.3, -0.25) is 8.98 Å². The fourth-order valence-corrected chi connectivity index (χ4v) is 6.37. The van der Waals surface area contributed by atoms with Crippen LogP contribution in [0.25, 0.3) is 0 Å². The highest BCUT2D eigenvalue weighted by Gasteiger charge is 2.41. The molecule has 0 saturated carbocycles. The van der Waals surface area contributed by atoms with Crippen LogP contribution < -0.4 is 0 Å². The van der Waals surface area contributed by atoms with Gasteiger partial charge in [0.15, 0.2) is 0 Å². The first-order chi connectivity index (χ1) is 17.9. The SMILES string of the molecule is CS(=O)(=O)OCC[C@]1(c2ccc(C(Cl)(Cl)Cl)c(C(Cl)(Cl)Cl)c2)CCCCN(C(=O)Cc2c(F)cccc2Cl)C1. The van der Waals surface area contributed by atoms with Crippen molar-refractivity contribution in [3.63, 3.8) is 0 Å². The van der Waals surface area contributed by atoms with Gasteiger partial charge in [0.1, 0.15) is 5.82 Å². The smallest absolute Gasteiger partial charge is 0.264 e. The third-order valence-corrected chi connectivity index (χ3v) is 8.86. The average molecular weight is 703 g/mol. The van der Waals surface area contributed by atoms with Gasteiger partial charge in [-0.1, -0.05) is 112 Å². The number of amides is 1. The third-order valence-electron chi connectivity index (χ3n) is 6.69. The van der Waals surface area contributed by atoms with E-state index in [2.05, 4.69) is 0 Å². The average Bonchev–Trinajstić information content (AvgIpc) is 3.03. The van der Waals surface area contributed by atoms with Crippen molar-refractivity contribution in [1.82, 2.24) is 4.90 Å². The molecule has 5 nitrogen and oxygen atoms in total. The minimum Gasteiger partial charge on any atom is -0.342 e. The van der Waals surface area contributed by atoms with Crippen LogP contribution in [0.2, 0.25) is 5.02 Å². The van der Waals surface area contributed by atoms with E-state index in [9.17, 15) is 17.6 Å². The van der Waals surface area contributed by atoms with Crippen molar-refractivity contribution >= 4 is 97.2 Å². The van der Waals surface area contributed by atoms with E-state index in [1.54, 1.807) is 17.0 Å². The van der Waals surface area contributed by atoms with Crippen LogP contribution in [0.15, 0.2) is 36.4 Å². The highest BCUT2D eigenvalue weighted by Crippen LogP contribution is 2.50. The van der Waals surface area contributed by atoms with E-state index >= 15 is 0 Å². The van der Waals surface area contributed by atoms with Crippen molar-refractivity contribution in [2.24, 2.45) is 0 Å². The summed E-state index contributed by atoms with van der Waals surface area (Å²) in [7, 11) is -3.73. The van der Waals surface area contributed by atoms with Crippen molar-refractivity contribution in [3.8, 4) is 0 Å². The highest BCUT2D eigenvalue weighted by atomic mass is 35.6. The number of carbonyl (C=O) groups excluding carboxylic acids is 1. The maximum absolute atomic E-state index is 14.4. The summed E-state index contributed by atoms with van der Waals surface area (Å²) in [6.45, 7) is 0.413. The Morgan fingerprint density at radius 1 is 1.05 bits per heavy atom. The first-order valence-electron chi connectivity index (χ1n) is 11.8. The number of hydrogen-bond acceptors (Lipinski definition) is 4. The van der Waals surface area contributed by atoms with Crippen molar-refractivity contribution in [1.29, 1.82) is 0 Å². The molecule has 14 heteroatoms. The van der Waals surface area contributed by atoms with Crippen LogP contribution in [0.4, 0.5) is 4.39 Å². The van der Waals surface area contributed by atoms with Gasteiger partial charge in [-0.05, 0) is 37.0 Å². The van der Waals surface area contributed by atoms with E-state index in [1.165, 1.54) is 24.3 Å². The van der Waals surface area contributed by atoms with E-state index in [-0.39, 0.29) is 53.6 Å². The normalized spacial score (nSPS) is 19.2. The zero-order valence-electron chi connectivity index (χ0n) is 20.6. The molecule has 1 atom stereocenters. The van der Waals surface area contributed by atoms with Crippen LogP contribution in [0.3, 0.4) is 0 Å². The molecule has 0 aliphatic carbocycles. The van der Waals surface area contributed by atoms with Gasteiger partial charge >= 0.3 is 0 Å². The number of nitrogens with zero attached hydrogens (tertiary/aromatic N) is 1. The highest BCUT2D eigenvalue weighted by molar-refractivity contribution is 7.85. The van der Waals surface area contributed by atoms with E-state index in [0.29, 0.717) is 31.4 Å². The largest absolute Gasteiger partial charge is 0.342 e. The molecule has 0 N–H and O–H groups in total. The lowest BCUT2D eigenvalue weighted by Crippen LogP contribution is -2.44. The topological polar surface area (TPSA) is 63.7 Å². The molecule has 1 aliphatic rings. The van der Waals surface area contributed by atoms with Gasteiger partial charge in [0.2, 0.25) is 13.5 Å². The first-order valence-corrected chi connectivity index (χ1v) is 16.2. The summed E-state index contributed by atoms with van der Waals surface area (Å²) in [5.74, 6) is -0.912. The Balaban J connectivity index is 2.07. The van der Waals surface area contributed by atoms with Crippen LogP contribution in [0, 0.1) is 5.82 Å². The molecule has 1 aliphatic heterocycles. The lowest BCUT2D eigenvalue weighted by molar-refractivity contribution is -0.131. The van der Waals surface area contributed by atoms with Crippen molar-refractivity contribution in [3.05, 3.63) is 69.5 Å². The molecule has 0 aromatic heterocycles. The van der Waals surface area contributed by atoms with Crippen LogP contribution in [-0.2, 0) is 38.5 Å². The molecule has 1 amide bonds. The first kappa shape index (κ1) is 33.3. The number of likely N-dealkylation sites (tertiary alicyclic amines) is 1. The molecule has 0 bridgehead atoms. The Hall–Kier alpha value is -0.220. The quantitative estimate of drug-likeness (QED) is 0.217. The molecule has 1 saturated heterocycles. The monoisotopic (exact) mass is 699 g/mol. The molecule has 3 rings (SSSR count). The lowest BCUT2D eigenvalue weighted by atomic mass is 9.73. The van der Waals surface area contributed by atoms with Crippen LogP contribution in [0.5, 0.6) is 0 Å². The van der Waals surface area contributed by atoms with Crippen LogP contribution in [0.1, 0.15) is 47.9 Å². The van der Waals surface area contributed by atoms with Crippen LogP contribution >= 0.6 is 81.2 Å². The standard InChI is InChI=1S/C25H25Cl7FNO4S/c1-39(36,37)38-12-10-23(16-7-8-18(24(27,28)29)19(13-16)25(30,31)32)9-2-3-11-34(15-23)22(35)14-17-20(26)5-4-6-21(17)33/h4-8,13H,2-3,9-12,14-15H2,1H3/t23-/m1/s1. The Bertz CT molecular complexity index is 1290. The fraction of sp³-hybridized carbons (Fsp3) is 0.480. The van der Waals surface area contributed by atoms with E-state index < -0.39 is 28.9 Å². The third kappa shape index (κ3) is 8.89. The second-order valence-corrected chi connectivity index (χ2v) is 16.1. The summed E-state index contributed by atoms with van der Waals surface area (Å²) in [4.78, 5) is 15.1. The fourth-order valence-electron chi connectivity index (χ4n) is 4.79. The lowest BCUT2D eigenvalue weighted by Gasteiger charge is -2.38. The number of halogens is 8. The zero-order chi connectivity index (χ0) is 29.2. The van der Waals surface area contributed by atoms with Gasteiger partial charge in [-0.15, -0.1) is 0 Å². The van der Waals surface area contributed by atoms with E-state index in [4.69, 9.17) is 85.4 Å². The molecule has 1 heterocycles. The number of hydrogen-bond donors (Lipinski definition) is 0. The summed E-state index contributed by atoms with van der Waals surface area (Å²) in [5, 5.41) is 0.153. The maximum atomic E-state index is 14.4. The van der Waals surface area contributed by atoms with Gasteiger partial charge < -0.3 is 4.90 Å². The molecule has 39 heavy (non-hydrogen) atoms. The Morgan fingerprint density at radius 2 is 1.72 bits per heavy atom. The summed E-state index contributed by atoms with van der Waals surface area (Å²) >= 11 is 43.4. The molecule has 1 fully saturated rings. The Labute approximate surface area is 262 Å². The minimum absolute atomic E-state index is 0.102. The van der Waals surface area contributed by atoms with E-state index in [1.807, 2.05) is 0 Å². The van der Waals surface area contributed by atoms with Gasteiger partial charge in [-0.25, -0.2) is 4.39 Å². The Kier molecular flexibility index (Phi) is 11.1. The number of carbonyl (C=O) groups is 1. The number of rotatable bonds is 7. The van der Waals surface area contributed by atoms with Gasteiger partial charge in [0.05, 0.1) is 19.3 Å². The zero-order valence-corrected chi connectivity index (χ0v) is 26.7. The summed E-state index contributed by atoms with van der Waals surface area (Å²) in [5.41, 5.74) is 0.211. The van der Waals surface area contributed by atoms with Gasteiger partial charge in [0, 0.05) is 40.2 Å². The molecular formula is C25H25Cl7FNO4S. The minimum atomic E-state index is -3.73.